The largest absolute Gasteiger partial charge is 0.459 e. The molecular weight excluding hydrogens is 350 g/mol. The summed E-state index contributed by atoms with van der Waals surface area (Å²) in [6, 6.07) is 21.2. The zero-order valence-corrected chi connectivity index (χ0v) is 15.6. The SMILES string of the molecule is CC(NC(=O)c1ccco1)c1nc2ccccc2n1CC=Cc1ccccc1. The third kappa shape index (κ3) is 3.74. The highest BCUT2D eigenvalue weighted by molar-refractivity contribution is 5.91. The van der Waals surface area contributed by atoms with Crippen LogP contribution in [0.2, 0.25) is 0 Å². The molecule has 1 amide bonds. The van der Waals surface area contributed by atoms with Crippen LogP contribution in [0.5, 0.6) is 0 Å². The molecule has 0 aliphatic rings. The highest BCUT2D eigenvalue weighted by Gasteiger charge is 2.19. The maximum absolute atomic E-state index is 12.4. The van der Waals surface area contributed by atoms with Crippen molar-refractivity contribution in [2.45, 2.75) is 19.5 Å². The molecule has 0 fully saturated rings. The summed E-state index contributed by atoms with van der Waals surface area (Å²) in [5.41, 5.74) is 3.09. The van der Waals surface area contributed by atoms with Crippen molar-refractivity contribution < 1.29 is 9.21 Å². The number of nitrogens with zero attached hydrogens (tertiary/aromatic N) is 2. The summed E-state index contributed by atoms with van der Waals surface area (Å²) < 4.78 is 7.31. The van der Waals surface area contributed by atoms with Gasteiger partial charge in [-0.25, -0.2) is 4.98 Å². The van der Waals surface area contributed by atoms with Crippen LogP contribution in [-0.4, -0.2) is 15.5 Å². The van der Waals surface area contributed by atoms with Gasteiger partial charge in [0.1, 0.15) is 5.82 Å². The Hall–Kier alpha value is -3.60. The number of amides is 1. The molecule has 28 heavy (non-hydrogen) atoms. The molecule has 1 N–H and O–H groups in total. The lowest BCUT2D eigenvalue weighted by molar-refractivity contribution is 0.0909. The molecule has 0 aliphatic heterocycles. The predicted molar refractivity (Wildman–Crippen MR) is 110 cm³/mol. The van der Waals surface area contributed by atoms with E-state index in [4.69, 9.17) is 9.40 Å². The minimum Gasteiger partial charge on any atom is -0.459 e. The van der Waals surface area contributed by atoms with Crippen LogP contribution in [0.1, 0.15) is 34.9 Å². The summed E-state index contributed by atoms with van der Waals surface area (Å²) in [5.74, 6) is 0.841. The van der Waals surface area contributed by atoms with Gasteiger partial charge in [-0.2, -0.15) is 0 Å². The number of fused-ring (bicyclic) bond motifs is 1. The summed E-state index contributed by atoms with van der Waals surface area (Å²) >= 11 is 0. The van der Waals surface area contributed by atoms with E-state index in [9.17, 15) is 4.79 Å². The molecule has 4 rings (SSSR count). The number of nitrogens with one attached hydrogen (secondary N) is 1. The van der Waals surface area contributed by atoms with E-state index in [0.717, 1.165) is 22.4 Å². The number of carbonyl (C=O) groups excluding carboxylic acids is 1. The van der Waals surface area contributed by atoms with Crippen LogP contribution in [0.4, 0.5) is 0 Å². The second-order valence-corrected chi connectivity index (χ2v) is 6.55. The van der Waals surface area contributed by atoms with Crippen molar-refractivity contribution in [2.75, 3.05) is 0 Å². The molecule has 5 heteroatoms. The van der Waals surface area contributed by atoms with Crippen molar-refractivity contribution in [3.8, 4) is 0 Å². The van der Waals surface area contributed by atoms with Gasteiger partial charge in [-0.05, 0) is 36.8 Å². The van der Waals surface area contributed by atoms with Crippen LogP contribution in [0.15, 0.2) is 83.5 Å². The van der Waals surface area contributed by atoms with Gasteiger partial charge in [0.05, 0.1) is 23.3 Å². The van der Waals surface area contributed by atoms with Crippen LogP contribution >= 0.6 is 0 Å². The van der Waals surface area contributed by atoms with Crippen LogP contribution < -0.4 is 5.32 Å². The molecule has 2 aromatic carbocycles. The lowest BCUT2D eigenvalue weighted by atomic mass is 10.2. The van der Waals surface area contributed by atoms with E-state index in [2.05, 4.69) is 34.2 Å². The van der Waals surface area contributed by atoms with Crippen molar-refractivity contribution in [1.29, 1.82) is 0 Å². The Kier molecular flexibility index (Phi) is 5.06. The summed E-state index contributed by atoms with van der Waals surface area (Å²) in [6.07, 6.45) is 5.68. The Morgan fingerprint density at radius 1 is 1.11 bits per heavy atom. The third-order valence-corrected chi connectivity index (χ3v) is 4.56. The highest BCUT2D eigenvalue weighted by Crippen LogP contribution is 2.21. The molecule has 2 heterocycles. The van der Waals surface area contributed by atoms with Gasteiger partial charge in [0.25, 0.3) is 5.91 Å². The Balaban J connectivity index is 1.61. The molecule has 4 aromatic rings. The molecule has 0 bridgehead atoms. The fourth-order valence-corrected chi connectivity index (χ4v) is 3.22. The zero-order chi connectivity index (χ0) is 19.3. The van der Waals surface area contributed by atoms with Crippen molar-refractivity contribution in [1.82, 2.24) is 14.9 Å². The average Bonchev–Trinajstić information content (AvgIpc) is 3.37. The lowest BCUT2D eigenvalue weighted by Gasteiger charge is -2.14. The maximum Gasteiger partial charge on any atom is 0.287 e. The minimum absolute atomic E-state index is 0.254. The van der Waals surface area contributed by atoms with Gasteiger partial charge in [0.15, 0.2) is 5.76 Å². The number of aromatic nitrogens is 2. The number of furan rings is 1. The molecule has 2 aromatic heterocycles. The van der Waals surface area contributed by atoms with E-state index >= 15 is 0 Å². The fourth-order valence-electron chi connectivity index (χ4n) is 3.22. The summed E-state index contributed by atoms with van der Waals surface area (Å²) in [6.45, 7) is 2.59. The number of allylic oxidation sites excluding steroid dienone is 1. The van der Waals surface area contributed by atoms with Crippen molar-refractivity contribution in [3.63, 3.8) is 0 Å². The van der Waals surface area contributed by atoms with Gasteiger partial charge in [0, 0.05) is 6.54 Å². The molecule has 5 nitrogen and oxygen atoms in total. The van der Waals surface area contributed by atoms with Crippen LogP contribution in [0.25, 0.3) is 17.1 Å². The van der Waals surface area contributed by atoms with Crippen LogP contribution in [0, 0.1) is 0 Å². The van der Waals surface area contributed by atoms with Gasteiger partial charge in [-0.15, -0.1) is 0 Å². The monoisotopic (exact) mass is 371 g/mol. The van der Waals surface area contributed by atoms with Gasteiger partial charge in [-0.3, -0.25) is 4.79 Å². The highest BCUT2D eigenvalue weighted by atomic mass is 16.3. The number of hydrogen-bond donors (Lipinski definition) is 1. The van der Waals surface area contributed by atoms with Crippen LogP contribution in [0.3, 0.4) is 0 Å². The second kappa shape index (κ2) is 7.96. The van der Waals surface area contributed by atoms with E-state index in [1.165, 1.54) is 6.26 Å². The number of hydrogen-bond acceptors (Lipinski definition) is 3. The average molecular weight is 371 g/mol. The summed E-state index contributed by atoms with van der Waals surface area (Å²) in [4.78, 5) is 17.1. The summed E-state index contributed by atoms with van der Waals surface area (Å²) in [7, 11) is 0. The van der Waals surface area contributed by atoms with E-state index < -0.39 is 0 Å². The van der Waals surface area contributed by atoms with E-state index in [1.54, 1.807) is 12.1 Å². The predicted octanol–water partition coefficient (Wildman–Crippen LogP) is 4.83. The smallest absolute Gasteiger partial charge is 0.287 e. The molecule has 0 saturated carbocycles. The molecule has 0 saturated heterocycles. The van der Waals surface area contributed by atoms with E-state index in [1.807, 2.05) is 49.4 Å². The Bertz CT molecular complexity index is 1100. The van der Waals surface area contributed by atoms with Crippen molar-refractivity contribution >= 4 is 23.0 Å². The molecular formula is C23H21N3O2. The minimum atomic E-state index is -0.268. The molecule has 0 radical (unpaired) electrons. The topological polar surface area (TPSA) is 60.1 Å². The zero-order valence-electron chi connectivity index (χ0n) is 15.6. The first-order chi connectivity index (χ1) is 13.7. The Morgan fingerprint density at radius 3 is 2.68 bits per heavy atom. The Labute approximate surface area is 163 Å². The molecule has 0 spiro atoms. The van der Waals surface area contributed by atoms with Crippen LogP contribution in [-0.2, 0) is 6.54 Å². The first-order valence-corrected chi connectivity index (χ1v) is 9.23. The summed E-state index contributed by atoms with van der Waals surface area (Å²) in [5, 5.41) is 2.97. The quantitative estimate of drug-likeness (QED) is 0.528. The number of carbonyl (C=O) groups is 1. The maximum atomic E-state index is 12.4. The van der Waals surface area contributed by atoms with Gasteiger partial charge < -0.3 is 14.3 Å². The molecule has 1 unspecified atom stereocenters. The van der Waals surface area contributed by atoms with Gasteiger partial charge in [0.2, 0.25) is 0 Å². The van der Waals surface area contributed by atoms with E-state index in [-0.39, 0.29) is 11.9 Å². The number of imidazole rings is 1. The molecule has 140 valence electrons. The van der Waals surface area contributed by atoms with Gasteiger partial charge in [-0.1, -0.05) is 54.6 Å². The lowest BCUT2D eigenvalue weighted by Crippen LogP contribution is -2.28. The normalized spacial score (nSPS) is 12.5. The second-order valence-electron chi connectivity index (χ2n) is 6.55. The molecule has 0 aliphatic carbocycles. The van der Waals surface area contributed by atoms with Crippen molar-refractivity contribution in [2.24, 2.45) is 0 Å². The third-order valence-electron chi connectivity index (χ3n) is 4.56. The standard InChI is InChI=1S/C23H21N3O2/c1-17(24-23(27)21-14-8-16-28-21)22-25-19-12-5-6-13-20(19)26(22)15-7-11-18-9-3-2-4-10-18/h2-14,16-17H,15H2,1H3,(H,24,27). The first-order valence-electron chi connectivity index (χ1n) is 9.23. The first kappa shape index (κ1) is 17.8. The molecule has 1 atom stereocenters. The fraction of sp³-hybridized carbons (Fsp3) is 0.130. The number of rotatable bonds is 6. The van der Waals surface area contributed by atoms with E-state index in [0.29, 0.717) is 12.3 Å². The number of para-hydroxylation sites is 2. The number of benzene rings is 2. The Morgan fingerprint density at radius 2 is 1.89 bits per heavy atom. The van der Waals surface area contributed by atoms with Gasteiger partial charge >= 0.3 is 0 Å². The van der Waals surface area contributed by atoms with Crippen molar-refractivity contribution in [3.05, 3.63) is 96.2 Å².